The molecule has 0 N–H and O–H groups in total. The van der Waals surface area contributed by atoms with Crippen molar-refractivity contribution < 1.29 is 0 Å². The van der Waals surface area contributed by atoms with Gasteiger partial charge in [0.25, 0.3) is 11.1 Å². The van der Waals surface area contributed by atoms with E-state index in [0.717, 1.165) is 37.1 Å². The Kier molecular flexibility index (Phi) is 3.30. The van der Waals surface area contributed by atoms with Gasteiger partial charge in [-0.1, -0.05) is 30.3 Å². The number of fused-ring (bicyclic) bond motifs is 3. The van der Waals surface area contributed by atoms with E-state index in [9.17, 15) is 9.59 Å². The van der Waals surface area contributed by atoms with Crippen LogP contribution in [0.4, 0.5) is 0 Å². The number of aromatic nitrogens is 3. The molecule has 0 atom stereocenters. The molecule has 2 aliphatic heterocycles. The van der Waals surface area contributed by atoms with Gasteiger partial charge in [-0.2, -0.15) is 0 Å². The first-order chi connectivity index (χ1) is 12.6. The van der Waals surface area contributed by atoms with Crippen LogP contribution in [0.3, 0.4) is 0 Å². The van der Waals surface area contributed by atoms with Crippen LogP contribution < -0.4 is 11.1 Å². The van der Waals surface area contributed by atoms with Crippen LogP contribution in [0.2, 0.25) is 0 Å². The predicted octanol–water partition coefficient (Wildman–Crippen LogP) is 3.30. The van der Waals surface area contributed by atoms with Gasteiger partial charge < -0.3 is 4.57 Å². The minimum Gasteiger partial charge on any atom is -0.343 e. The highest BCUT2D eigenvalue weighted by molar-refractivity contribution is 5.87. The molecular formula is C21H23N3O2. The highest BCUT2D eigenvalue weighted by atomic mass is 16.2. The Bertz CT molecular complexity index is 1060. The molecule has 134 valence electrons. The van der Waals surface area contributed by atoms with Crippen molar-refractivity contribution in [1.29, 1.82) is 0 Å². The van der Waals surface area contributed by atoms with Gasteiger partial charge in [0.2, 0.25) is 0 Å². The van der Waals surface area contributed by atoms with Crippen LogP contribution in [0.1, 0.15) is 54.7 Å². The van der Waals surface area contributed by atoms with Gasteiger partial charge >= 0.3 is 0 Å². The lowest BCUT2D eigenvalue weighted by atomic mass is 9.88. The van der Waals surface area contributed by atoms with Crippen LogP contribution in [0, 0.1) is 13.8 Å². The van der Waals surface area contributed by atoms with Crippen LogP contribution >= 0.6 is 0 Å². The highest BCUT2D eigenvalue weighted by Gasteiger charge is 2.36. The van der Waals surface area contributed by atoms with Gasteiger partial charge in [0.1, 0.15) is 0 Å². The molecule has 26 heavy (non-hydrogen) atoms. The van der Waals surface area contributed by atoms with E-state index >= 15 is 0 Å². The molecule has 0 saturated heterocycles. The van der Waals surface area contributed by atoms with E-state index in [1.807, 2.05) is 32.0 Å². The van der Waals surface area contributed by atoms with Crippen molar-refractivity contribution >= 4 is 10.8 Å². The smallest absolute Gasteiger partial charge is 0.275 e. The summed E-state index contributed by atoms with van der Waals surface area (Å²) >= 11 is 0. The Balaban J connectivity index is 1.81. The third kappa shape index (κ3) is 1.97. The summed E-state index contributed by atoms with van der Waals surface area (Å²) in [5, 5.41) is 1.24. The highest BCUT2D eigenvalue weighted by Crippen LogP contribution is 2.39. The first-order valence-electron chi connectivity index (χ1n) is 9.48. The van der Waals surface area contributed by atoms with E-state index < -0.39 is 0 Å². The largest absolute Gasteiger partial charge is 0.343 e. The second-order valence-electron chi connectivity index (χ2n) is 7.75. The number of rotatable bonds is 2. The van der Waals surface area contributed by atoms with Gasteiger partial charge in [-0.3, -0.25) is 9.59 Å². The van der Waals surface area contributed by atoms with E-state index in [1.54, 1.807) is 9.36 Å². The summed E-state index contributed by atoms with van der Waals surface area (Å²) < 4.78 is 5.68. The van der Waals surface area contributed by atoms with Crippen molar-refractivity contribution in [3.8, 4) is 0 Å². The number of aryl methyl sites for hydroxylation is 2. The Labute approximate surface area is 151 Å². The van der Waals surface area contributed by atoms with E-state index in [1.165, 1.54) is 5.56 Å². The minimum atomic E-state index is 0.0152. The molecular weight excluding hydrogens is 326 g/mol. The SMILES string of the molecule is Cc1c2c(=O)n3n(c(=O)c2c(C)n1Cc1ccccc1)C1CCC3CC1. The summed E-state index contributed by atoms with van der Waals surface area (Å²) in [5.74, 6) is 0. The monoisotopic (exact) mass is 349 g/mol. The van der Waals surface area contributed by atoms with Crippen molar-refractivity contribution in [2.75, 3.05) is 0 Å². The number of hydrogen-bond donors (Lipinski definition) is 0. The summed E-state index contributed by atoms with van der Waals surface area (Å²) in [7, 11) is 0. The maximum Gasteiger partial charge on any atom is 0.275 e. The van der Waals surface area contributed by atoms with Crippen LogP contribution in [-0.4, -0.2) is 13.9 Å². The lowest BCUT2D eigenvalue weighted by Gasteiger charge is -2.40. The van der Waals surface area contributed by atoms with Gasteiger partial charge in [-0.05, 0) is 45.1 Å². The van der Waals surface area contributed by atoms with E-state index in [0.29, 0.717) is 17.3 Å². The van der Waals surface area contributed by atoms with E-state index in [4.69, 9.17) is 0 Å². The van der Waals surface area contributed by atoms with Gasteiger partial charge in [-0.15, -0.1) is 0 Å². The number of hydrogen-bond acceptors (Lipinski definition) is 2. The number of benzene rings is 1. The molecule has 1 aromatic carbocycles. The zero-order chi connectivity index (χ0) is 18.0. The number of nitrogens with zero attached hydrogens (tertiary/aromatic N) is 3. The minimum absolute atomic E-state index is 0.0152. The molecule has 5 nitrogen and oxygen atoms in total. The van der Waals surface area contributed by atoms with Gasteiger partial charge in [0.15, 0.2) is 0 Å². The van der Waals surface area contributed by atoms with Crippen LogP contribution in [-0.2, 0) is 6.54 Å². The topological polar surface area (TPSA) is 48.9 Å². The van der Waals surface area contributed by atoms with Crippen molar-refractivity contribution in [3.05, 3.63) is 68.0 Å². The van der Waals surface area contributed by atoms with Crippen LogP contribution in [0.25, 0.3) is 10.8 Å². The van der Waals surface area contributed by atoms with E-state index in [-0.39, 0.29) is 23.2 Å². The molecule has 0 unspecified atom stereocenters. The summed E-state index contributed by atoms with van der Waals surface area (Å²) in [6.45, 7) is 4.62. The summed E-state index contributed by atoms with van der Waals surface area (Å²) in [6.07, 6.45) is 4.05. The third-order valence-electron chi connectivity index (χ3n) is 6.40. The first kappa shape index (κ1) is 15.7. The molecule has 3 aliphatic rings. The van der Waals surface area contributed by atoms with Crippen LogP contribution in [0.15, 0.2) is 39.9 Å². The molecule has 1 fully saturated rings. The molecule has 3 aromatic rings. The molecule has 6 rings (SSSR count). The summed E-state index contributed by atoms with van der Waals surface area (Å²) in [5.41, 5.74) is 3.01. The van der Waals surface area contributed by atoms with Crippen molar-refractivity contribution in [1.82, 2.24) is 13.9 Å². The lowest BCUT2D eigenvalue weighted by molar-refractivity contribution is 0.131. The molecule has 0 spiro atoms. The zero-order valence-electron chi connectivity index (χ0n) is 15.2. The first-order valence-corrected chi connectivity index (χ1v) is 9.48. The molecule has 1 saturated carbocycles. The second kappa shape index (κ2) is 5.47. The van der Waals surface area contributed by atoms with E-state index in [2.05, 4.69) is 16.7 Å². The van der Waals surface area contributed by atoms with Gasteiger partial charge in [0.05, 0.1) is 22.9 Å². The molecule has 5 heteroatoms. The van der Waals surface area contributed by atoms with Crippen molar-refractivity contribution in [2.45, 2.75) is 58.2 Å². The molecule has 0 amide bonds. The van der Waals surface area contributed by atoms with Crippen molar-refractivity contribution in [3.63, 3.8) is 0 Å². The normalized spacial score (nSPS) is 21.3. The van der Waals surface area contributed by atoms with Crippen molar-refractivity contribution in [2.24, 2.45) is 0 Å². The standard InChI is InChI=1S/C21H23N3O2/c1-13-18-19(14(2)22(13)12-15-6-4-3-5-7-15)21(26)24-17-10-8-16(9-11-17)23(24)20(18)25/h3-7,16-17H,8-12H2,1-2H3. The Hall–Kier alpha value is -2.56. The zero-order valence-corrected chi connectivity index (χ0v) is 15.2. The molecule has 2 aromatic heterocycles. The fourth-order valence-corrected chi connectivity index (χ4v) is 5.07. The quantitative estimate of drug-likeness (QED) is 0.713. The third-order valence-corrected chi connectivity index (χ3v) is 6.40. The fourth-order valence-electron chi connectivity index (χ4n) is 5.07. The maximum absolute atomic E-state index is 13.3. The summed E-state index contributed by atoms with van der Waals surface area (Å²) in [4.78, 5) is 26.7. The Morgan fingerprint density at radius 3 is 1.73 bits per heavy atom. The second-order valence-corrected chi connectivity index (χ2v) is 7.75. The fraction of sp³-hybridized carbons (Fsp3) is 0.429. The average Bonchev–Trinajstić information content (AvgIpc) is 2.92. The Morgan fingerprint density at radius 1 is 0.808 bits per heavy atom. The maximum atomic E-state index is 13.3. The molecule has 0 radical (unpaired) electrons. The molecule has 2 bridgehead atoms. The van der Waals surface area contributed by atoms with Gasteiger partial charge in [0, 0.05) is 17.9 Å². The molecule has 1 aliphatic carbocycles. The van der Waals surface area contributed by atoms with Gasteiger partial charge in [-0.25, -0.2) is 9.36 Å². The summed E-state index contributed by atoms with van der Waals surface area (Å²) in [6, 6.07) is 10.6. The molecule has 4 heterocycles. The van der Waals surface area contributed by atoms with Crippen LogP contribution in [0.5, 0.6) is 0 Å². The Morgan fingerprint density at radius 2 is 1.27 bits per heavy atom. The lowest BCUT2D eigenvalue weighted by Crippen LogP contribution is -2.48. The predicted molar refractivity (Wildman–Crippen MR) is 102 cm³/mol. The average molecular weight is 349 g/mol.